The summed E-state index contributed by atoms with van der Waals surface area (Å²) in [5, 5.41) is 20.8. The lowest BCUT2D eigenvalue weighted by atomic mass is 10.2. The number of hydrogen-bond donors (Lipinski definition) is 3. The van der Waals surface area contributed by atoms with Gasteiger partial charge in [-0.25, -0.2) is 0 Å². The van der Waals surface area contributed by atoms with Crippen molar-refractivity contribution in [3.63, 3.8) is 0 Å². The van der Waals surface area contributed by atoms with Gasteiger partial charge in [-0.3, -0.25) is 0 Å². The van der Waals surface area contributed by atoms with Crippen LogP contribution in [0.15, 0.2) is 27.1 Å². The Morgan fingerprint density at radius 3 is 2.33 bits per heavy atom. The molecule has 1 aromatic carbocycles. The highest BCUT2D eigenvalue weighted by molar-refractivity contribution is 9.13. The molecule has 0 saturated heterocycles. The predicted molar refractivity (Wildman–Crippen MR) is 66.6 cm³/mol. The summed E-state index contributed by atoms with van der Waals surface area (Å²) in [6.07, 6.45) is 0. The van der Waals surface area contributed by atoms with Gasteiger partial charge in [-0.15, -0.1) is 0 Å². The van der Waals surface area contributed by atoms with Crippen molar-refractivity contribution < 1.29 is 10.2 Å². The van der Waals surface area contributed by atoms with Crippen LogP contribution in [0.25, 0.3) is 0 Å². The highest BCUT2D eigenvalue weighted by Crippen LogP contribution is 2.23. The zero-order valence-electron chi connectivity index (χ0n) is 8.08. The first-order valence-electron chi connectivity index (χ1n) is 4.56. The summed E-state index contributed by atoms with van der Waals surface area (Å²) in [4.78, 5) is 0. The molecule has 1 rings (SSSR count). The van der Waals surface area contributed by atoms with Crippen molar-refractivity contribution in [1.29, 1.82) is 0 Å². The van der Waals surface area contributed by atoms with E-state index in [9.17, 15) is 0 Å². The van der Waals surface area contributed by atoms with E-state index in [1.54, 1.807) is 0 Å². The molecule has 0 unspecified atom stereocenters. The van der Waals surface area contributed by atoms with Crippen LogP contribution in [0, 0.1) is 0 Å². The summed E-state index contributed by atoms with van der Waals surface area (Å²) in [5.74, 6) is 0. The zero-order valence-corrected chi connectivity index (χ0v) is 11.3. The van der Waals surface area contributed by atoms with Crippen LogP contribution < -0.4 is 5.32 Å². The molecule has 0 radical (unpaired) electrons. The summed E-state index contributed by atoms with van der Waals surface area (Å²) in [7, 11) is 0. The number of rotatable bonds is 5. The van der Waals surface area contributed by atoms with E-state index >= 15 is 0 Å². The highest BCUT2D eigenvalue weighted by atomic mass is 79.9. The van der Waals surface area contributed by atoms with Crippen LogP contribution in [-0.2, 0) is 6.54 Å². The van der Waals surface area contributed by atoms with Crippen LogP contribution in [0.1, 0.15) is 5.56 Å². The third kappa shape index (κ3) is 4.20. The standard InChI is InChI=1S/C10H13Br2NO2/c11-9-2-1-7(3-10(9)12)4-13-8(5-14)6-15/h1-3,8,13-15H,4-6H2. The number of aliphatic hydroxyl groups is 2. The van der Waals surface area contributed by atoms with E-state index in [0.29, 0.717) is 6.54 Å². The van der Waals surface area contributed by atoms with Gasteiger partial charge in [0, 0.05) is 15.5 Å². The van der Waals surface area contributed by atoms with Crippen LogP contribution in [0.4, 0.5) is 0 Å². The molecule has 0 spiro atoms. The lowest BCUT2D eigenvalue weighted by Crippen LogP contribution is -2.35. The Morgan fingerprint density at radius 2 is 1.80 bits per heavy atom. The fourth-order valence-electron chi connectivity index (χ4n) is 1.10. The quantitative estimate of drug-likeness (QED) is 0.765. The largest absolute Gasteiger partial charge is 0.395 e. The molecule has 0 heterocycles. The van der Waals surface area contributed by atoms with E-state index in [2.05, 4.69) is 37.2 Å². The molecular weight excluding hydrogens is 326 g/mol. The van der Waals surface area contributed by atoms with Gasteiger partial charge in [0.05, 0.1) is 19.3 Å². The van der Waals surface area contributed by atoms with E-state index in [0.717, 1.165) is 14.5 Å². The van der Waals surface area contributed by atoms with Gasteiger partial charge in [-0.1, -0.05) is 6.07 Å². The summed E-state index contributed by atoms with van der Waals surface area (Å²) in [6.45, 7) is 0.500. The molecule has 0 aromatic heterocycles. The fraction of sp³-hybridized carbons (Fsp3) is 0.400. The lowest BCUT2D eigenvalue weighted by molar-refractivity contribution is 0.170. The summed E-state index contributed by atoms with van der Waals surface area (Å²) < 4.78 is 2.00. The smallest absolute Gasteiger partial charge is 0.0607 e. The SMILES string of the molecule is OCC(CO)NCc1ccc(Br)c(Br)c1. The van der Waals surface area contributed by atoms with Gasteiger partial charge in [0.15, 0.2) is 0 Å². The maximum Gasteiger partial charge on any atom is 0.0607 e. The van der Waals surface area contributed by atoms with E-state index in [1.807, 2.05) is 18.2 Å². The molecule has 84 valence electrons. The molecule has 5 heteroatoms. The minimum atomic E-state index is -0.257. The second kappa shape index (κ2) is 6.60. The van der Waals surface area contributed by atoms with Gasteiger partial charge in [-0.05, 0) is 49.6 Å². The number of hydrogen-bond acceptors (Lipinski definition) is 3. The molecule has 0 fully saturated rings. The third-order valence-electron chi connectivity index (χ3n) is 2.02. The van der Waals surface area contributed by atoms with Gasteiger partial charge in [0.2, 0.25) is 0 Å². The van der Waals surface area contributed by atoms with Crippen LogP contribution in [0.2, 0.25) is 0 Å². The Balaban J connectivity index is 2.54. The minimum Gasteiger partial charge on any atom is -0.395 e. The molecule has 1 aromatic rings. The minimum absolute atomic E-state index is 0.0613. The van der Waals surface area contributed by atoms with Gasteiger partial charge in [-0.2, -0.15) is 0 Å². The van der Waals surface area contributed by atoms with Gasteiger partial charge < -0.3 is 15.5 Å². The maximum absolute atomic E-state index is 8.86. The van der Waals surface area contributed by atoms with Gasteiger partial charge in [0.25, 0.3) is 0 Å². The molecule has 0 saturated carbocycles. The Labute approximate surface area is 106 Å². The van der Waals surface area contributed by atoms with E-state index in [-0.39, 0.29) is 19.3 Å². The van der Waals surface area contributed by atoms with Crippen LogP contribution in [-0.4, -0.2) is 29.5 Å². The summed E-state index contributed by atoms with van der Waals surface area (Å²) >= 11 is 6.80. The summed E-state index contributed by atoms with van der Waals surface area (Å²) in [5.41, 5.74) is 1.09. The molecule has 0 aliphatic carbocycles. The van der Waals surface area contributed by atoms with Crippen LogP contribution >= 0.6 is 31.9 Å². The molecule has 0 aliphatic rings. The molecule has 0 amide bonds. The Hall–Kier alpha value is 0.0600. The van der Waals surface area contributed by atoms with Gasteiger partial charge in [0.1, 0.15) is 0 Å². The molecule has 3 N–H and O–H groups in total. The average Bonchev–Trinajstić information content (AvgIpc) is 2.24. The second-order valence-electron chi connectivity index (χ2n) is 3.19. The van der Waals surface area contributed by atoms with Crippen molar-refractivity contribution in [2.75, 3.05) is 13.2 Å². The molecule has 15 heavy (non-hydrogen) atoms. The average molecular weight is 339 g/mol. The van der Waals surface area contributed by atoms with E-state index in [1.165, 1.54) is 0 Å². The van der Waals surface area contributed by atoms with Crippen molar-refractivity contribution in [1.82, 2.24) is 5.32 Å². The van der Waals surface area contributed by atoms with Crippen LogP contribution in [0.5, 0.6) is 0 Å². The molecule has 3 nitrogen and oxygen atoms in total. The third-order valence-corrected chi connectivity index (χ3v) is 3.90. The van der Waals surface area contributed by atoms with Crippen molar-refractivity contribution in [2.45, 2.75) is 12.6 Å². The monoisotopic (exact) mass is 337 g/mol. The number of halogens is 2. The first kappa shape index (κ1) is 13.1. The zero-order chi connectivity index (χ0) is 11.3. The molecule has 0 bridgehead atoms. The van der Waals surface area contributed by atoms with Crippen molar-refractivity contribution in [3.8, 4) is 0 Å². The van der Waals surface area contributed by atoms with Gasteiger partial charge >= 0.3 is 0 Å². The normalized spacial score (nSPS) is 11.0. The molecule has 0 aliphatic heterocycles. The molecular formula is C10H13Br2NO2. The first-order valence-corrected chi connectivity index (χ1v) is 6.15. The van der Waals surface area contributed by atoms with E-state index in [4.69, 9.17) is 10.2 Å². The van der Waals surface area contributed by atoms with Crippen molar-refractivity contribution >= 4 is 31.9 Å². The maximum atomic E-state index is 8.86. The van der Waals surface area contributed by atoms with Crippen LogP contribution in [0.3, 0.4) is 0 Å². The number of nitrogens with one attached hydrogen (secondary N) is 1. The van der Waals surface area contributed by atoms with E-state index < -0.39 is 0 Å². The predicted octanol–water partition coefficient (Wildman–Crippen LogP) is 1.65. The Morgan fingerprint density at radius 1 is 1.13 bits per heavy atom. The summed E-state index contributed by atoms with van der Waals surface area (Å²) in [6, 6.07) is 5.66. The number of aliphatic hydroxyl groups excluding tert-OH is 2. The van der Waals surface area contributed by atoms with Crippen molar-refractivity contribution in [3.05, 3.63) is 32.7 Å². The Bertz CT molecular complexity index is 316. The highest BCUT2D eigenvalue weighted by Gasteiger charge is 2.05. The second-order valence-corrected chi connectivity index (χ2v) is 4.90. The van der Waals surface area contributed by atoms with Crippen molar-refractivity contribution in [2.24, 2.45) is 0 Å². The number of benzene rings is 1. The Kier molecular flexibility index (Phi) is 5.78. The fourth-order valence-corrected chi connectivity index (χ4v) is 1.77. The molecule has 0 atom stereocenters. The first-order chi connectivity index (χ1) is 7.17. The lowest BCUT2D eigenvalue weighted by Gasteiger charge is -2.13. The topological polar surface area (TPSA) is 52.5 Å².